The minimum absolute atomic E-state index is 0.249. The zero-order valence-electron chi connectivity index (χ0n) is 10.4. The van der Waals surface area contributed by atoms with Crippen molar-refractivity contribution in [2.75, 3.05) is 0 Å². The molecule has 1 atom stereocenters. The van der Waals surface area contributed by atoms with Crippen LogP contribution in [0.25, 0.3) is 0 Å². The first kappa shape index (κ1) is 12.8. The summed E-state index contributed by atoms with van der Waals surface area (Å²) in [6.07, 6.45) is 1.10. The molecule has 0 saturated heterocycles. The summed E-state index contributed by atoms with van der Waals surface area (Å²) in [7, 11) is 0. The quantitative estimate of drug-likeness (QED) is 0.874. The third-order valence-electron chi connectivity index (χ3n) is 2.93. The van der Waals surface area contributed by atoms with Crippen molar-refractivity contribution in [3.63, 3.8) is 0 Å². The standard InChI is InChI=1S/C16H17FO/c1-16(18,11-13-5-3-2-4-6-13)12-14-7-9-15(17)10-8-14/h2-10,18H,11-12H2,1H3. The van der Waals surface area contributed by atoms with Gasteiger partial charge in [0.2, 0.25) is 0 Å². The Balaban J connectivity index is 2.05. The highest BCUT2D eigenvalue weighted by atomic mass is 19.1. The van der Waals surface area contributed by atoms with Gasteiger partial charge in [-0.15, -0.1) is 0 Å². The van der Waals surface area contributed by atoms with Crippen molar-refractivity contribution in [3.05, 3.63) is 71.5 Å². The van der Waals surface area contributed by atoms with Crippen LogP contribution in [-0.4, -0.2) is 10.7 Å². The summed E-state index contributed by atoms with van der Waals surface area (Å²) in [5.41, 5.74) is 1.22. The Labute approximate surface area is 107 Å². The average Bonchev–Trinajstić information content (AvgIpc) is 2.32. The van der Waals surface area contributed by atoms with Crippen molar-refractivity contribution < 1.29 is 9.50 Å². The molecular weight excluding hydrogens is 227 g/mol. The molecule has 0 saturated carbocycles. The van der Waals surface area contributed by atoms with E-state index in [0.717, 1.165) is 11.1 Å². The van der Waals surface area contributed by atoms with Crippen LogP contribution in [0.3, 0.4) is 0 Å². The van der Waals surface area contributed by atoms with Crippen molar-refractivity contribution in [1.82, 2.24) is 0 Å². The van der Waals surface area contributed by atoms with Crippen molar-refractivity contribution >= 4 is 0 Å². The van der Waals surface area contributed by atoms with Gasteiger partial charge in [-0.3, -0.25) is 0 Å². The van der Waals surface area contributed by atoms with Gasteiger partial charge in [0, 0.05) is 12.8 Å². The molecular formula is C16H17FO. The molecule has 2 aromatic rings. The lowest BCUT2D eigenvalue weighted by atomic mass is 9.90. The maximum absolute atomic E-state index is 12.8. The van der Waals surface area contributed by atoms with Gasteiger partial charge in [0.25, 0.3) is 0 Å². The first-order valence-corrected chi connectivity index (χ1v) is 6.06. The van der Waals surface area contributed by atoms with E-state index in [1.807, 2.05) is 37.3 Å². The van der Waals surface area contributed by atoms with Crippen LogP contribution in [0.15, 0.2) is 54.6 Å². The SMILES string of the molecule is CC(O)(Cc1ccccc1)Cc1ccc(F)cc1. The van der Waals surface area contributed by atoms with E-state index in [0.29, 0.717) is 12.8 Å². The lowest BCUT2D eigenvalue weighted by Gasteiger charge is -2.23. The van der Waals surface area contributed by atoms with Crippen molar-refractivity contribution in [2.45, 2.75) is 25.4 Å². The van der Waals surface area contributed by atoms with Gasteiger partial charge in [0.05, 0.1) is 5.60 Å². The highest BCUT2D eigenvalue weighted by molar-refractivity contribution is 5.21. The first-order chi connectivity index (χ1) is 8.55. The van der Waals surface area contributed by atoms with E-state index >= 15 is 0 Å². The molecule has 0 amide bonds. The summed E-state index contributed by atoms with van der Waals surface area (Å²) in [5, 5.41) is 10.4. The minimum Gasteiger partial charge on any atom is -0.389 e. The van der Waals surface area contributed by atoms with Gasteiger partial charge >= 0.3 is 0 Å². The predicted molar refractivity (Wildman–Crippen MR) is 70.9 cm³/mol. The number of aliphatic hydroxyl groups is 1. The molecule has 1 unspecified atom stereocenters. The van der Waals surface area contributed by atoms with E-state index in [9.17, 15) is 9.50 Å². The summed E-state index contributed by atoms with van der Waals surface area (Å²) in [4.78, 5) is 0. The van der Waals surface area contributed by atoms with Gasteiger partial charge in [-0.2, -0.15) is 0 Å². The average molecular weight is 244 g/mol. The lowest BCUT2D eigenvalue weighted by Crippen LogP contribution is -2.30. The largest absolute Gasteiger partial charge is 0.389 e. The number of hydrogen-bond acceptors (Lipinski definition) is 1. The van der Waals surface area contributed by atoms with E-state index in [4.69, 9.17) is 0 Å². The Hall–Kier alpha value is -1.67. The molecule has 0 heterocycles. The van der Waals surface area contributed by atoms with E-state index < -0.39 is 5.60 Å². The molecule has 1 N–H and O–H groups in total. The van der Waals surface area contributed by atoms with E-state index in [2.05, 4.69) is 0 Å². The van der Waals surface area contributed by atoms with E-state index in [-0.39, 0.29) is 5.82 Å². The fraction of sp³-hybridized carbons (Fsp3) is 0.250. The maximum atomic E-state index is 12.8. The molecule has 0 bridgehead atoms. The van der Waals surface area contributed by atoms with Crippen molar-refractivity contribution in [3.8, 4) is 0 Å². The lowest BCUT2D eigenvalue weighted by molar-refractivity contribution is 0.0608. The second-order valence-corrected chi connectivity index (χ2v) is 4.96. The van der Waals surface area contributed by atoms with Crippen LogP contribution in [0.2, 0.25) is 0 Å². The Bertz CT molecular complexity index is 488. The van der Waals surface area contributed by atoms with Gasteiger partial charge < -0.3 is 5.11 Å². The Morgan fingerprint density at radius 3 is 1.94 bits per heavy atom. The zero-order valence-corrected chi connectivity index (χ0v) is 10.4. The van der Waals surface area contributed by atoms with Crippen LogP contribution in [0.1, 0.15) is 18.1 Å². The molecule has 2 aromatic carbocycles. The monoisotopic (exact) mass is 244 g/mol. The van der Waals surface area contributed by atoms with Gasteiger partial charge in [0.1, 0.15) is 5.82 Å². The molecule has 0 aromatic heterocycles. The van der Waals surface area contributed by atoms with Crippen LogP contribution < -0.4 is 0 Å². The topological polar surface area (TPSA) is 20.2 Å². The summed E-state index contributed by atoms with van der Waals surface area (Å²) >= 11 is 0. The Kier molecular flexibility index (Phi) is 3.78. The highest BCUT2D eigenvalue weighted by Gasteiger charge is 2.21. The molecule has 2 heteroatoms. The number of hydrogen-bond donors (Lipinski definition) is 1. The molecule has 0 aliphatic rings. The maximum Gasteiger partial charge on any atom is 0.123 e. The Morgan fingerprint density at radius 2 is 1.39 bits per heavy atom. The summed E-state index contributed by atoms with van der Waals surface area (Å²) in [5.74, 6) is -0.249. The normalized spacial score (nSPS) is 14.2. The fourth-order valence-electron chi connectivity index (χ4n) is 2.14. The molecule has 2 rings (SSSR count). The third-order valence-corrected chi connectivity index (χ3v) is 2.93. The first-order valence-electron chi connectivity index (χ1n) is 6.06. The van der Waals surface area contributed by atoms with Crippen LogP contribution in [-0.2, 0) is 12.8 Å². The Morgan fingerprint density at radius 1 is 0.889 bits per heavy atom. The molecule has 0 spiro atoms. The van der Waals surface area contributed by atoms with Crippen LogP contribution >= 0.6 is 0 Å². The second kappa shape index (κ2) is 5.32. The van der Waals surface area contributed by atoms with E-state index in [1.165, 1.54) is 12.1 Å². The van der Waals surface area contributed by atoms with Crippen LogP contribution in [0.5, 0.6) is 0 Å². The van der Waals surface area contributed by atoms with Gasteiger partial charge in [0.15, 0.2) is 0 Å². The van der Waals surface area contributed by atoms with Gasteiger partial charge in [-0.1, -0.05) is 42.5 Å². The molecule has 0 aliphatic heterocycles. The number of rotatable bonds is 4. The second-order valence-electron chi connectivity index (χ2n) is 4.96. The molecule has 18 heavy (non-hydrogen) atoms. The summed E-state index contributed by atoms with van der Waals surface area (Å²) in [6, 6.07) is 16.2. The van der Waals surface area contributed by atoms with Crippen molar-refractivity contribution in [2.24, 2.45) is 0 Å². The highest BCUT2D eigenvalue weighted by Crippen LogP contribution is 2.19. The number of benzene rings is 2. The summed E-state index contributed by atoms with van der Waals surface area (Å²) < 4.78 is 12.8. The van der Waals surface area contributed by atoms with E-state index in [1.54, 1.807) is 12.1 Å². The molecule has 1 nitrogen and oxygen atoms in total. The summed E-state index contributed by atoms with van der Waals surface area (Å²) in [6.45, 7) is 1.81. The predicted octanol–water partition coefficient (Wildman–Crippen LogP) is 3.36. The molecule has 0 fully saturated rings. The molecule has 0 aliphatic carbocycles. The molecule has 0 radical (unpaired) electrons. The van der Waals surface area contributed by atoms with Gasteiger partial charge in [-0.05, 0) is 30.2 Å². The van der Waals surface area contributed by atoms with Gasteiger partial charge in [-0.25, -0.2) is 4.39 Å². The third kappa shape index (κ3) is 3.67. The van der Waals surface area contributed by atoms with Crippen LogP contribution in [0.4, 0.5) is 4.39 Å². The molecule has 94 valence electrons. The smallest absolute Gasteiger partial charge is 0.123 e. The zero-order chi connectivity index (χ0) is 13.0. The fourth-order valence-corrected chi connectivity index (χ4v) is 2.14. The van der Waals surface area contributed by atoms with Crippen LogP contribution in [0, 0.1) is 5.82 Å². The van der Waals surface area contributed by atoms with Crippen molar-refractivity contribution in [1.29, 1.82) is 0 Å². The number of halogens is 1. The minimum atomic E-state index is -0.820.